The maximum atomic E-state index is 12.2. The molecule has 3 rings (SSSR count). The van der Waals surface area contributed by atoms with Gasteiger partial charge in [0.2, 0.25) is 0 Å². The number of hydrogen-bond donors (Lipinski definition) is 2. The summed E-state index contributed by atoms with van der Waals surface area (Å²) in [7, 11) is 0. The summed E-state index contributed by atoms with van der Waals surface area (Å²) >= 11 is 0. The number of nitrogens with zero attached hydrogens (tertiary/aromatic N) is 1. The predicted octanol–water partition coefficient (Wildman–Crippen LogP) is 2.52. The van der Waals surface area contributed by atoms with E-state index in [0.717, 1.165) is 24.6 Å². The number of anilines is 1. The van der Waals surface area contributed by atoms with Gasteiger partial charge in [0.25, 0.3) is 5.91 Å². The van der Waals surface area contributed by atoms with Crippen LogP contribution in [0.15, 0.2) is 36.3 Å². The first-order valence-electron chi connectivity index (χ1n) is 6.96. The molecule has 0 aromatic heterocycles. The van der Waals surface area contributed by atoms with Crippen LogP contribution in [0.5, 0.6) is 0 Å². The fourth-order valence-corrected chi connectivity index (χ4v) is 2.65. The van der Waals surface area contributed by atoms with Gasteiger partial charge in [0.05, 0.1) is 11.3 Å². The summed E-state index contributed by atoms with van der Waals surface area (Å²) in [6.45, 7) is 2.04. The van der Waals surface area contributed by atoms with Crippen LogP contribution in [0.25, 0.3) is 0 Å². The van der Waals surface area contributed by atoms with Crippen LogP contribution in [0, 0.1) is 0 Å². The number of para-hydroxylation sites is 1. The molecule has 4 heteroatoms. The zero-order valence-corrected chi connectivity index (χ0v) is 11.0. The number of nitrogens with one attached hydrogen (secondary N) is 2. The first-order valence-corrected chi connectivity index (χ1v) is 6.96. The van der Waals surface area contributed by atoms with E-state index >= 15 is 0 Å². The van der Waals surface area contributed by atoms with Crippen LogP contribution in [0.2, 0.25) is 0 Å². The molecule has 19 heavy (non-hydrogen) atoms. The van der Waals surface area contributed by atoms with Crippen molar-refractivity contribution in [2.45, 2.75) is 25.7 Å². The minimum absolute atomic E-state index is 0.0314. The lowest BCUT2D eigenvalue weighted by Crippen LogP contribution is -2.35. The summed E-state index contributed by atoms with van der Waals surface area (Å²) in [6, 6.07) is 7.59. The molecule has 1 fully saturated rings. The predicted molar refractivity (Wildman–Crippen MR) is 75.7 cm³/mol. The van der Waals surface area contributed by atoms with Crippen molar-refractivity contribution in [3.8, 4) is 0 Å². The summed E-state index contributed by atoms with van der Waals surface area (Å²) in [4.78, 5) is 14.5. The van der Waals surface area contributed by atoms with E-state index in [1.54, 1.807) is 0 Å². The Morgan fingerprint density at radius 3 is 2.53 bits per heavy atom. The molecule has 1 aromatic rings. The molecule has 0 spiro atoms. The number of benzene rings is 1. The molecule has 100 valence electrons. The zero-order valence-electron chi connectivity index (χ0n) is 11.0. The molecule has 0 saturated carbocycles. The molecule has 2 N–H and O–H groups in total. The third-order valence-electron chi connectivity index (χ3n) is 3.72. The lowest BCUT2D eigenvalue weighted by atomic mass is 10.1. The van der Waals surface area contributed by atoms with Gasteiger partial charge in [0, 0.05) is 19.3 Å². The van der Waals surface area contributed by atoms with E-state index < -0.39 is 0 Å². The monoisotopic (exact) mass is 257 g/mol. The van der Waals surface area contributed by atoms with Crippen molar-refractivity contribution in [2.75, 3.05) is 18.4 Å². The van der Waals surface area contributed by atoms with E-state index in [9.17, 15) is 4.79 Å². The quantitative estimate of drug-likeness (QED) is 0.812. The third kappa shape index (κ3) is 2.57. The second-order valence-corrected chi connectivity index (χ2v) is 5.07. The van der Waals surface area contributed by atoms with Crippen LogP contribution in [-0.4, -0.2) is 23.9 Å². The fraction of sp³-hybridized carbons (Fsp3) is 0.400. The van der Waals surface area contributed by atoms with Crippen molar-refractivity contribution in [3.05, 3.63) is 41.8 Å². The Kier molecular flexibility index (Phi) is 3.40. The average molecular weight is 257 g/mol. The molecule has 2 aliphatic heterocycles. The first kappa shape index (κ1) is 12.1. The van der Waals surface area contributed by atoms with Crippen molar-refractivity contribution in [1.29, 1.82) is 0 Å². The number of hydrogen-bond acceptors (Lipinski definition) is 3. The molecule has 2 aliphatic rings. The highest BCUT2D eigenvalue weighted by Crippen LogP contribution is 2.20. The first-order chi connectivity index (χ1) is 9.34. The number of fused-ring (bicyclic) bond motifs is 1. The van der Waals surface area contributed by atoms with Gasteiger partial charge in [-0.3, -0.25) is 4.79 Å². The van der Waals surface area contributed by atoms with Gasteiger partial charge < -0.3 is 15.5 Å². The average Bonchev–Trinajstić information content (AvgIpc) is 2.79. The van der Waals surface area contributed by atoms with Gasteiger partial charge in [-0.25, -0.2) is 0 Å². The van der Waals surface area contributed by atoms with Gasteiger partial charge in [0.1, 0.15) is 5.82 Å². The molecule has 0 atom stereocenters. The molecular formula is C15H19N3O. The molecule has 0 unspecified atom stereocenters. The fourth-order valence-electron chi connectivity index (χ4n) is 2.65. The van der Waals surface area contributed by atoms with E-state index in [1.165, 1.54) is 25.7 Å². The number of carbonyl (C=O) groups excluding carboxylic acids is 1. The minimum atomic E-state index is -0.0314. The smallest absolute Gasteiger partial charge is 0.258 e. The van der Waals surface area contributed by atoms with Crippen LogP contribution in [0.3, 0.4) is 0 Å². The molecule has 1 aromatic carbocycles. The van der Waals surface area contributed by atoms with E-state index in [-0.39, 0.29) is 5.91 Å². The van der Waals surface area contributed by atoms with Crippen molar-refractivity contribution in [3.63, 3.8) is 0 Å². The summed E-state index contributed by atoms with van der Waals surface area (Å²) in [5, 5.41) is 6.25. The van der Waals surface area contributed by atoms with E-state index in [1.807, 2.05) is 30.5 Å². The summed E-state index contributed by atoms with van der Waals surface area (Å²) in [5.74, 6) is 0.860. The molecule has 2 heterocycles. The maximum absolute atomic E-state index is 12.2. The molecule has 4 nitrogen and oxygen atoms in total. The van der Waals surface area contributed by atoms with Crippen LogP contribution >= 0.6 is 0 Å². The lowest BCUT2D eigenvalue weighted by molar-refractivity contribution is 0.0953. The highest BCUT2D eigenvalue weighted by molar-refractivity contribution is 6.01. The van der Waals surface area contributed by atoms with E-state index in [4.69, 9.17) is 0 Å². The van der Waals surface area contributed by atoms with E-state index in [0.29, 0.717) is 5.56 Å². The normalized spacial score (nSPS) is 19.5. The van der Waals surface area contributed by atoms with Gasteiger partial charge in [-0.05, 0) is 25.0 Å². The Labute approximate surface area is 113 Å². The summed E-state index contributed by atoms with van der Waals surface area (Å²) in [6.07, 6.45) is 6.87. The summed E-state index contributed by atoms with van der Waals surface area (Å²) < 4.78 is 0. The second-order valence-electron chi connectivity index (χ2n) is 5.07. The van der Waals surface area contributed by atoms with Gasteiger partial charge in [-0.1, -0.05) is 25.0 Å². The number of rotatable bonds is 1. The molecule has 0 bridgehead atoms. The SMILES string of the molecule is O=C1NC(N2CCCCCC2)=CNc2ccccc21. The largest absolute Gasteiger partial charge is 0.358 e. The number of amides is 1. The Morgan fingerprint density at radius 2 is 1.74 bits per heavy atom. The summed E-state index contributed by atoms with van der Waals surface area (Å²) in [5.41, 5.74) is 1.56. The zero-order chi connectivity index (χ0) is 13.1. The standard InChI is InChI=1S/C15H19N3O/c19-15-12-7-3-4-8-13(12)16-11-14(17-15)18-9-5-1-2-6-10-18/h3-4,7-8,11,16H,1-2,5-6,9-10H2,(H,17,19). The number of carbonyl (C=O) groups is 1. The Hall–Kier alpha value is -1.97. The van der Waals surface area contributed by atoms with Crippen LogP contribution in [-0.2, 0) is 0 Å². The highest BCUT2D eigenvalue weighted by Gasteiger charge is 2.19. The molecule has 0 radical (unpaired) electrons. The topological polar surface area (TPSA) is 44.4 Å². The number of likely N-dealkylation sites (tertiary alicyclic amines) is 1. The molecule has 0 aliphatic carbocycles. The Balaban J connectivity index is 1.82. The lowest BCUT2D eigenvalue weighted by Gasteiger charge is -2.25. The van der Waals surface area contributed by atoms with Crippen molar-refractivity contribution in [2.24, 2.45) is 0 Å². The van der Waals surface area contributed by atoms with Crippen molar-refractivity contribution in [1.82, 2.24) is 10.2 Å². The van der Waals surface area contributed by atoms with Crippen molar-refractivity contribution >= 4 is 11.6 Å². The molecule has 1 amide bonds. The van der Waals surface area contributed by atoms with Crippen LogP contribution in [0.4, 0.5) is 5.69 Å². The van der Waals surface area contributed by atoms with E-state index in [2.05, 4.69) is 15.5 Å². The highest BCUT2D eigenvalue weighted by atomic mass is 16.1. The Morgan fingerprint density at radius 1 is 1.00 bits per heavy atom. The second kappa shape index (κ2) is 5.34. The van der Waals surface area contributed by atoms with Gasteiger partial charge in [-0.15, -0.1) is 0 Å². The van der Waals surface area contributed by atoms with Gasteiger partial charge >= 0.3 is 0 Å². The maximum Gasteiger partial charge on any atom is 0.258 e. The molecule has 1 saturated heterocycles. The van der Waals surface area contributed by atoms with Crippen molar-refractivity contribution < 1.29 is 4.79 Å². The molecular weight excluding hydrogens is 238 g/mol. The third-order valence-corrected chi connectivity index (χ3v) is 3.72. The van der Waals surface area contributed by atoms with Crippen LogP contribution < -0.4 is 10.6 Å². The van der Waals surface area contributed by atoms with Crippen LogP contribution in [0.1, 0.15) is 36.0 Å². The van der Waals surface area contributed by atoms with Gasteiger partial charge in [0.15, 0.2) is 0 Å². The minimum Gasteiger partial charge on any atom is -0.358 e. The van der Waals surface area contributed by atoms with Gasteiger partial charge in [-0.2, -0.15) is 0 Å². The Bertz CT molecular complexity index is 502.